The summed E-state index contributed by atoms with van der Waals surface area (Å²) in [5, 5.41) is 42.5. The van der Waals surface area contributed by atoms with Crippen molar-refractivity contribution in [2.24, 2.45) is 17.2 Å². The molecule has 0 unspecified atom stereocenters. The van der Waals surface area contributed by atoms with E-state index in [0.29, 0.717) is 37.8 Å². The molecule has 26 nitrogen and oxygen atoms in total. The normalized spacial score (nSPS) is 13.3. The molecule has 1 rings (SSSR count). The van der Waals surface area contributed by atoms with Crippen molar-refractivity contribution < 1.29 is 63.0 Å². The molecule has 10 amide bonds. The first kappa shape index (κ1) is 58.6. The topological polar surface area (TPSA) is 427 Å². The summed E-state index contributed by atoms with van der Waals surface area (Å²) < 4.78 is 0. The number of thiol groups is 1. The van der Waals surface area contributed by atoms with E-state index in [1.54, 1.807) is 30.3 Å². The van der Waals surface area contributed by atoms with Gasteiger partial charge in [0.2, 0.25) is 59.1 Å². The van der Waals surface area contributed by atoms with Gasteiger partial charge in [-0.1, -0.05) is 36.8 Å². The van der Waals surface area contributed by atoms with E-state index in [0.717, 1.165) is 0 Å². The van der Waals surface area contributed by atoms with E-state index in [4.69, 9.17) is 22.3 Å². The average Bonchev–Trinajstić information content (AvgIpc) is 3.30. The van der Waals surface area contributed by atoms with Crippen molar-refractivity contribution in [2.75, 3.05) is 58.1 Å². The van der Waals surface area contributed by atoms with Crippen molar-refractivity contribution in [1.29, 1.82) is 0 Å². The van der Waals surface area contributed by atoms with Crippen LogP contribution < -0.4 is 70.4 Å². The minimum absolute atomic E-state index is 0.0572. The van der Waals surface area contributed by atoms with Gasteiger partial charge in [-0.3, -0.25) is 47.9 Å². The van der Waals surface area contributed by atoms with Gasteiger partial charge in [0.25, 0.3) is 0 Å². The number of benzene rings is 1. The van der Waals surface area contributed by atoms with E-state index < -0.39 is 141 Å². The number of carbonyl (C=O) groups excluding carboxylic acids is 10. The van der Waals surface area contributed by atoms with E-state index >= 15 is 0 Å². The number of carboxylic acids is 1. The van der Waals surface area contributed by atoms with Crippen LogP contribution in [0.4, 0.5) is 0 Å². The predicted octanol–water partition coefficient (Wildman–Crippen LogP) is -7.15. The molecule has 374 valence electrons. The van der Waals surface area contributed by atoms with Crippen LogP contribution in [-0.4, -0.2) is 170 Å². The molecule has 0 aliphatic rings. The van der Waals surface area contributed by atoms with Gasteiger partial charge in [-0.25, -0.2) is 4.79 Å². The maximum absolute atomic E-state index is 13.8. The smallest absolute Gasteiger partial charge is 0.327 e. The Balaban J connectivity index is 2.73. The Labute approximate surface area is 392 Å². The summed E-state index contributed by atoms with van der Waals surface area (Å²) in [5.41, 5.74) is 17.7. The zero-order valence-electron chi connectivity index (χ0n) is 37.2. The molecule has 27 heteroatoms. The maximum atomic E-state index is 13.8. The minimum Gasteiger partial charge on any atom is -0.480 e. The molecule has 67 heavy (non-hydrogen) atoms. The highest BCUT2D eigenvalue weighted by molar-refractivity contribution is 7.80. The second-order valence-corrected chi connectivity index (χ2v) is 15.3. The van der Waals surface area contributed by atoms with Crippen LogP contribution in [0.5, 0.6) is 0 Å². The fourth-order valence-electron chi connectivity index (χ4n) is 5.59. The summed E-state index contributed by atoms with van der Waals surface area (Å²) in [7, 11) is 0. The van der Waals surface area contributed by atoms with Crippen LogP contribution in [0.1, 0.15) is 51.0 Å². The molecule has 1 aromatic rings. The lowest BCUT2D eigenvalue weighted by atomic mass is 10.0. The lowest BCUT2D eigenvalue weighted by Crippen LogP contribution is -2.60. The van der Waals surface area contributed by atoms with Gasteiger partial charge in [0.1, 0.15) is 24.2 Å². The van der Waals surface area contributed by atoms with E-state index in [9.17, 15) is 57.8 Å². The SMILES string of the molecule is C[C@@H](O)[C@H](NC(=O)[C@@H](N)CCCCN)C(=O)N[C@@H](Cc1ccccc1)C(=O)N[C@@H](CCCCN)C(=O)NCC(=O)NCC(=O)NCC(=O)NCC(=O)NCC(=O)NCC(=O)N[C@@H](CS)C(=O)O. The summed E-state index contributed by atoms with van der Waals surface area (Å²) in [5.74, 6) is -9.48. The Bertz CT molecular complexity index is 1830. The largest absolute Gasteiger partial charge is 0.480 e. The first-order valence-corrected chi connectivity index (χ1v) is 22.0. The number of hydrogen-bond donors (Lipinski definition) is 16. The molecule has 0 saturated heterocycles. The van der Waals surface area contributed by atoms with Crippen molar-refractivity contribution in [3.63, 3.8) is 0 Å². The van der Waals surface area contributed by atoms with E-state index in [1.165, 1.54) is 6.92 Å². The third kappa shape index (κ3) is 25.8. The molecule has 1 aromatic carbocycles. The number of nitrogens with one attached hydrogen (secondary N) is 10. The highest BCUT2D eigenvalue weighted by atomic mass is 32.1. The number of carboxylic acid groups (broad SMARTS) is 1. The van der Waals surface area contributed by atoms with Crippen LogP contribution >= 0.6 is 12.6 Å². The van der Waals surface area contributed by atoms with Crippen molar-refractivity contribution in [3.8, 4) is 0 Å². The molecule has 0 saturated carbocycles. The number of unbranched alkanes of at least 4 members (excludes halogenated alkanes) is 2. The van der Waals surface area contributed by atoms with Gasteiger partial charge in [-0.15, -0.1) is 0 Å². The number of rotatable bonds is 33. The van der Waals surface area contributed by atoms with E-state index in [1.807, 2.05) is 0 Å². The second-order valence-electron chi connectivity index (χ2n) is 15.0. The predicted molar refractivity (Wildman–Crippen MR) is 243 cm³/mol. The van der Waals surface area contributed by atoms with Crippen molar-refractivity contribution in [3.05, 3.63) is 35.9 Å². The van der Waals surface area contributed by atoms with Crippen molar-refractivity contribution in [1.82, 2.24) is 53.2 Å². The molecule has 0 spiro atoms. The van der Waals surface area contributed by atoms with Gasteiger partial charge < -0.3 is 80.6 Å². The number of amides is 10. The summed E-state index contributed by atoms with van der Waals surface area (Å²) in [6, 6.07) is 2.31. The van der Waals surface area contributed by atoms with Crippen LogP contribution in [0, 0.1) is 0 Å². The molecule has 0 fully saturated rings. The molecule has 0 aliphatic heterocycles. The zero-order valence-corrected chi connectivity index (χ0v) is 38.1. The highest BCUT2D eigenvalue weighted by Crippen LogP contribution is 2.08. The highest BCUT2D eigenvalue weighted by Gasteiger charge is 2.33. The molecule has 0 heterocycles. The first-order chi connectivity index (χ1) is 31.8. The van der Waals surface area contributed by atoms with Gasteiger partial charge in [-0.2, -0.15) is 12.6 Å². The van der Waals surface area contributed by atoms with Crippen molar-refractivity contribution >= 4 is 77.7 Å². The Morgan fingerprint density at radius 3 is 1.43 bits per heavy atom. The zero-order chi connectivity index (χ0) is 50.3. The average molecular weight is 968 g/mol. The molecular formula is C40H65N13O13S. The third-order valence-electron chi connectivity index (χ3n) is 9.33. The van der Waals surface area contributed by atoms with Gasteiger partial charge in [0.05, 0.1) is 51.4 Å². The van der Waals surface area contributed by atoms with Crippen LogP contribution in [0.25, 0.3) is 0 Å². The summed E-state index contributed by atoms with van der Waals surface area (Å²) >= 11 is 3.80. The fourth-order valence-corrected chi connectivity index (χ4v) is 5.84. The molecule has 0 radical (unpaired) electrons. The van der Waals surface area contributed by atoms with Crippen LogP contribution in [-0.2, 0) is 59.2 Å². The summed E-state index contributed by atoms with van der Waals surface area (Å²) in [4.78, 5) is 137. The maximum Gasteiger partial charge on any atom is 0.327 e. The Morgan fingerprint density at radius 2 is 0.985 bits per heavy atom. The lowest BCUT2D eigenvalue weighted by molar-refractivity contribution is -0.141. The third-order valence-corrected chi connectivity index (χ3v) is 9.70. The summed E-state index contributed by atoms with van der Waals surface area (Å²) in [6.07, 6.45) is 0.962. The van der Waals surface area contributed by atoms with Gasteiger partial charge in [0, 0.05) is 12.2 Å². The van der Waals surface area contributed by atoms with Gasteiger partial charge >= 0.3 is 5.97 Å². The van der Waals surface area contributed by atoms with Gasteiger partial charge in [-0.05, 0) is 57.7 Å². The standard InChI is InChI=1S/C40H65N13O13S/c1-23(54)35(53-36(61)25(43)11-5-7-13-41)39(64)52-27(15-24-9-3-2-4-10-24)38(63)51-26(12-6-8-14-42)37(62)49-20-33(59)47-18-31(57)45-16-29(55)44-17-30(56)46-19-32(58)48-21-34(60)50-28(22-67)40(65)66/h2-4,9-10,23,25-28,35,54,67H,5-8,11-22,41-43H2,1H3,(H,44,55)(H,45,57)(H,46,56)(H,47,59)(H,48,58)(H,49,62)(H,50,60)(H,51,63)(H,52,64)(H,53,61)(H,65,66)/t23-,25+,26+,27+,28+,35+/m1/s1. The molecular weight excluding hydrogens is 903 g/mol. The van der Waals surface area contributed by atoms with Crippen LogP contribution in [0.2, 0.25) is 0 Å². The lowest BCUT2D eigenvalue weighted by Gasteiger charge is -2.27. The van der Waals surface area contributed by atoms with E-state index in [-0.39, 0.29) is 31.6 Å². The molecule has 0 aromatic heterocycles. The second kappa shape index (κ2) is 33.1. The number of aliphatic hydroxyl groups is 1. The molecule has 0 aliphatic carbocycles. The van der Waals surface area contributed by atoms with Crippen LogP contribution in [0.15, 0.2) is 30.3 Å². The van der Waals surface area contributed by atoms with Crippen LogP contribution in [0.3, 0.4) is 0 Å². The summed E-state index contributed by atoms with van der Waals surface area (Å²) in [6.45, 7) is -1.63. The number of hydrogen-bond acceptors (Lipinski definition) is 16. The molecule has 18 N–H and O–H groups in total. The number of aliphatic hydroxyl groups excluding tert-OH is 1. The monoisotopic (exact) mass is 967 g/mol. The number of aliphatic carboxylic acids is 1. The molecule has 0 bridgehead atoms. The molecule has 6 atom stereocenters. The quantitative estimate of drug-likeness (QED) is 0.0230. The van der Waals surface area contributed by atoms with Gasteiger partial charge in [0.15, 0.2) is 0 Å². The Morgan fingerprint density at radius 1 is 0.537 bits per heavy atom. The van der Waals surface area contributed by atoms with E-state index in [2.05, 4.69) is 65.8 Å². The van der Waals surface area contributed by atoms with Crippen molar-refractivity contribution in [2.45, 2.75) is 88.2 Å². The Hall–Kier alpha value is -6.42. The fraction of sp³-hybridized carbons (Fsp3) is 0.575. The minimum atomic E-state index is -1.49. The number of nitrogens with two attached hydrogens (primary N) is 3. The first-order valence-electron chi connectivity index (χ1n) is 21.3. The number of carbonyl (C=O) groups is 11. The Kier molecular flexibility index (Phi) is 29.0.